The highest BCUT2D eigenvalue weighted by atomic mass is 16.6. The van der Waals surface area contributed by atoms with E-state index < -0.39 is 23.7 Å². The average molecular weight is 633 g/mol. The normalized spacial score (nSPS) is 11.6. The number of hydrogen-bond donors (Lipinski definition) is 3. The van der Waals surface area contributed by atoms with E-state index in [-0.39, 0.29) is 6.54 Å². The first-order valence-electron chi connectivity index (χ1n) is 13.7. The van der Waals surface area contributed by atoms with Crippen LogP contribution in [0.4, 0.5) is 0 Å². The Labute approximate surface area is 263 Å². The van der Waals surface area contributed by atoms with Gasteiger partial charge in [0.05, 0.1) is 47.3 Å². The Kier molecular flexibility index (Phi) is 18.7. The summed E-state index contributed by atoms with van der Waals surface area (Å²) in [5.74, 6) is 2.13. The molecule has 4 N–H and O–H groups in total. The molecule has 0 fully saturated rings. The molecule has 0 aromatic heterocycles. The summed E-state index contributed by atoms with van der Waals surface area (Å²) in [6, 6.07) is 15.6. The molecular formula is C32H44N2O11. The first-order chi connectivity index (χ1) is 21.6. The number of aldehydes is 1. The van der Waals surface area contributed by atoms with Crippen LogP contribution in [0.25, 0.3) is 0 Å². The molecule has 3 rings (SSSR count). The molecule has 2 atom stereocenters. The number of methoxy groups -OCH3 is 6. The van der Waals surface area contributed by atoms with Gasteiger partial charge in [0.25, 0.3) is 0 Å². The number of carbonyl (C=O) groups is 1. The molecule has 248 valence electrons. The predicted octanol–water partition coefficient (Wildman–Crippen LogP) is 3.64. The van der Waals surface area contributed by atoms with E-state index in [9.17, 15) is 25.1 Å². The number of hydrogen-bond acceptors (Lipinski definition) is 12. The second kappa shape index (κ2) is 21.6. The lowest BCUT2D eigenvalue weighted by Gasteiger charge is -2.13. The molecule has 13 nitrogen and oxygen atoms in total. The molecule has 3 aromatic rings. The fraction of sp³-hybridized carbons (Fsp3) is 0.406. The molecule has 0 radical (unpaired) electrons. The number of benzene rings is 3. The molecule has 0 amide bonds. The van der Waals surface area contributed by atoms with E-state index in [0.717, 1.165) is 40.0 Å². The molecule has 0 aliphatic rings. The third kappa shape index (κ3) is 13.2. The minimum atomic E-state index is -1.12. The van der Waals surface area contributed by atoms with Gasteiger partial charge >= 0.3 is 0 Å². The van der Waals surface area contributed by atoms with Crippen molar-refractivity contribution in [2.45, 2.75) is 32.0 Å². The first kappa shape index (κ1) is 38.9. The number of nitrogens with zero attached hydrogens (tertiary/aromatic N) is 1. The van der Waals surface area contributed by atoms with Crippen molar-refractivity contribution in [2.75, 3.05) is 55.7 Å². The second-order valence-electron chi connectivity index (χ2n) is 9.41. The van der Waals surface area contributed by atoms with Crippen LogP contribution in [0.3, 0.4) is 0 Å². The highest BCUT2D eigenvalue weighted by molar-refractivity contribution is 5.75. The Balaban J connectivity index is 0.000000341. The van der Waals surface area contributed by atoms with Crippen molar-refractivity contribution in [1.29, 1.82) is 0 Å². The zero-order valence-corrected chi connectivity index (χ0v) is 26.6. The van der Waals surface area contributed by atoms with E-state index in [2.05, 4.69) is 0 Å². The second-order valence-corrected chi connectivity index (χ2v) is 9.41. The van der Waals surface area contributed by atoms with Gasteiger partial charge in [0.1, 0.15) is 29.6 Å². The number of nitro groups is 1. The highest BCUT2D eigenvalue weighted by Gasteiger charge is 2.16. The third-order valence-corrected chi connectivity index (χ3v) is 6.26. The lowest BCUT2D eigenvalue weighted by atomic mass is 10.1. The van der Waals surface area contributed by atoms with E-state index in [4.69, 9.17) is 34.2 Å². The molecule has 45 heavy (non-hydrogen) atoms. The summed E-state index contributed by atoms with van der Waals surface area (Å²) >= 11 is 0. The fourth-order valence-electron chi connectivity index (χ4n) is 4.07. The molecule has 2 unspecified atom stereocenters. The van der Waals surface area contributed by atoms with Crippen LogP contribution in [0.2, 0.25) is 0 Å². The number of aliphatic hydroxyl groups is 2. The van der Waals surface area contributed by atoms with Crippen LogP contribution in [0.5, 0.6) is 17.2 Å². The van der Waals surface area contributed by atoms with Crippen LogP contribution >= 0.6 is 0 Å². The lowest BCUT2D eigenvalue weighted by molar-refractivity contribution is -0.491. The van der Waals surface area contributed by atoms with Crippen LogP contribution in [0.15, 0.2) is 54.6 Å². The Bertz CT molecular complexity index is 1320. The van der Waals surface area contributed by atoms with E-state index in [1.165, 1.54) is 7.11 Å². The standard InChI is InChI=1S/C11H15NO5.C11H17NO3.C10H12O3/c1-16-7-9-5-8(3-4-11(9)17-2)10(13)6-12(14)15;1-14-7-9-5-8(10(13)6-12)3-4-11(9)15-2;1-12-7-9-5-8(6-11)3-4-10(9)13-2/h3-5,10,13H,6-7H2,1-2H3;3-5,10,13H,6-7,12H2,1-2H3;3-6H,7H2,1-2H3. The predicted molar refractivity (Wildman–Crippen MR) is 167 cm³/mol. The SMILES string of the molecule is COCc1cc(C(O)CN)ccc1OC.COCc1cc(C(O)C[N+](=O)[O-])ccc1OC.COCc1cc(C=O)ccc1OC. The lowest BCUT2D eigenvalue weighted by Crippen LogP contribution is -2.12. The maximum absolute atomic E-state index is 10.5. The Morgan fingerprint density at radius 3 is 1.47 bits per heavy atom. The van der Waals surface area contributed by atoms with Crippen molar-refractivity contribution >= 4 is 6.29 Å². The van der Waals surface area contributed by atoms with Gasteiger partial charge in [-0.2, -0.15) is 0 Å². The van der Waals surface area contributed by atoms with Crippen molar-refractivity contribution in [3.63, 3.8) is 0 Å². The third-order valence-electron chi connectivity index (χ3n) is 6.26. The summed E-state index contributed by atoms with van der Waals surface area (Å²) in [6.45, 7) is 0.916. The van der Waals surface area contributed by atoms with Gasteiger partial charge in [-0.05, 0) is 53.6 Å². The van der Waals surface area contributed by atoms with Gasteiger partial charge in [0, 0.05) is 55.1 Å². The smallest absolute Gasteiger partial charge is 0.233 e. The summed E-state index contributed by atoms with van der Waals surface area (Å²) in [5, 5.41) is 29.5. The van der Waals surface area contributed by atoms with E-state index in [1.54, 1.807) is 78.0 Å². The van der Waals surface area contributed by atoms with Crippen LogP contribution < -0.4 is 19.9 Å². The minimum Gasteiger partial charge on any atom is -0.496 e. The maximum Gasteiger partial charge on any atom is 0.233 e. The maximum atomic E-state index is 10.5. The van der Waals surface area contributed by atoms with Gasteiger partial charge in [0.2, 0.25) is 6.54 Å². The monoisotopic (exact) mass is 632 g/mol. The summed E-state index contributed by atoms with van der Waals surface area (Å²) in [5.41, 5.74) is 9.82. The molecule has 0 aliphatic carbocycles. The molecule has 0 aliphatic heterocycles. The average Bonchev–Trinajstić information content (AvgIpc) is 3.05. The molecule has 0 spiro atoms. The van der Waals surface area contributed by atoms with Crippen LogP contribution in [-0.2, 0) is 34.0 Å². The van der Waals surface area contributed by atoms with Gasteiger partial charge in [-0.25, -0.2) is 0 Å². The van der Waals surface area contributed by atoms with E-state index in [0.29, 0.717) is 36.7 Å². The Hall–Kier alpha value is -4.11. The molecule has 13 heteroatoms. The van der Waals surface area contributed by atoms with Gasteiger partial charge in [-0.3, -0.25) is 14.9 Å². The zero-order chi connectivity index (χ0) is 33.8. The molecule has 0 saturated carbocycles. The molecule has 3 aromatic carbocycles. The summed E-state index contributed by atoms with van der Waals surface area (Å²) in [4.78, 5) is 20.2. The topological polar surface area (TPSA) is 182 Å². The van der Waals surface area contributed by atoms with Crippen molar-refractivity contribution in [3.8, 4) is 17.2 Å². The number of ether oxygens (including phenoxy) is 6. The van der Waals surface area contributed by atoms with Gasteiger partial charge in [0.15, 0.2) is 0 Å². The van der Waals surface area contributed by atoms with Crippen molar-refractivity contribution in [3.05, 3.63) is 98.1 Å². The van der Waals surface area contributed by atoms with Gasteiger partial charge < -0.3 is 44.4 Å². The van der Waals surface area contributed by atoms with Crippen LogP contribution in [0.1, 0.15) is 50.4 Å². The highest BCUT2D eigenvalue weighted by Crippen LogP contribution is 2.25. The zero-order valence-electron chi connectivity index (χ0n) is 26.6. The minimum absolute atomic E-state index is 0.207. The molecular weight excluding hydrogens is 588 g/mol. The fourth-order valence-corrected chi connectivity index (χ4v) is 4.07. The van der Waals surface area contributed by atoms with Crippen LogP contribution in [-0.4, -0.2) is 77.2 Å². The molecule has 0 bridgehead atoms. The van der Waals surface area contributed by atoms with Crippen molar-refractivity contribution in [2.24, 2.45) is 5.73 Å². The van der Waals surface area contributed by atoms with E-state index >= 15 is 0 Å². The number of aliphatic hydroxyl groups excluding tert-OH is 2. The summed E-state index contributed by atoms with van der Waals surface area (Å²) in [7, 11) is 9.49. The van der Waals surface area contributed by atoms with E-state index in [1.807, 2.05) is 12.1 Å². The largest absolute Gasteiger partial charge is 0.496 e. The van der Waals surface area contributed by atoms with Gasteiger partial charge in [-0.15, -0.1) is 0 Å². The quantitative estimate of drug-likeness (QED) is 0.126. The van der Waals surface area contributed by atoms with Crippen molar-refractivity contribution < 1.29 is 48.4 Å². The van der Waals surface area contributed by atoms with Gasteiger partial charge in [-0.1, -0.05) is 12.1 Å². The Morgan fingerprint density at radius 2 is 1.11 bits per heavy atom. The van der Waals surface area contributed by atoms with Crippen molar-refractivity contribution in [1.82, 2.24) is 0 Å². The number of carbonyl (C=O) groups excluding carboxylic acids is 1. The first-order valence-corrected chi connectivity index (χ1v) is 13.7. The summed E-state index contributed by atoms with van der Waals surface area (Å²) in [6.07, 6.45) is -0.948. The molecule has 0 heterocycles. The summed E-state index contributed by atoms with van der Waals surface area (Å²) < 4.78 is 30.4. The van der Waals surface area contributed by atoms with Crippen LogP contribution in [0, 0.1) is 10.1 Å². The molecule has 0 saturated heterocycles. The number of nitrogens with two attached hydrogens (primary N) is 1. The Morgan fingerprint density at radius 1 is 0.711 bits per heavy atom. The number of rotatable bonds is 15.